The second kappa shape index (κ2) is 6.07. The van der Waals surface area contributed by atoms with Crippen molar-refractivity contribution in [1.29, 1.82) is 0 Å². The summed E-state index contributed by atoms with van der Waals surface area (Å²) in [6, 6.07) is 4.07. The highest BCUT2D eigenvalue weighted by atomic mass is 15.4. The molecule has 0 saturated carbocycles. The first-order chi connectivity index (χ1) is 11.7. The Kier molecular flexibility index (Phi) is 3.76. The summed E-state index contributed by atoms with van der Waals surface area (Å²) in [4.78, 5) is 17.9. The van der Waals surface area contributed by atoms with E-state index in [1.807, 2.05) is 42.2 Å². The van der Waals surface area contributed by atoms with Gasteiger partial charge in [0.05, 0.1) is 11.9 Å². The van der Waals surface area contributed by atoms with Crippen LogP contribution in [0.2, 0.25) is 0 Å². The summed E-state index contributed by atoms with van der Waals surface area (Å²) in [7, 11) is 0. The van der Waals surface area contributed by atoms with Gasteiger partial charge in [-0.05, 0) is 31.0 Å². The lowest BCUT2D eigenvalue weighted by Gasteiger charge is -2.35. The van der Waals surface area contributed by atoms with E-state index < -0.39 is 0 Å². The van der Waals surface area contributed by atoms with E-state index in [0.29, 0.717) is 0 Å². The average molecular weight is 323 g/mol. The van der Waals surface area contributed by atoms with E-state index >= 15 is 0 Å². The normalized spacial score (nSPS) is 15.2. The lowest BCUT2D eigenvalue weighted by molar-refractivity contribution is 0.629. The Morgan fingerprint density at radius 2 is 1.71 bits per heavy atom. The molecule has 7 nitrogen and oxygen atoms in total. The van der Waals surface area contributed by atoms with Crippen molar-refractivity contribution in [2.24, 2.45) is 0 Å². The smallest absolute Gasteiger partial charge is 0.225 e. The minimum absolute atomic E-state index is 0.820. The molecule has 7 heteroatoms. The molecule has 1 aliphatic heterocycles. The molecule has 1 aliphatic rings. The van der Waals surface area contributed by atoms with E-state index in [1.54, 1.807) is 0 Å². The molecule has 0 amide bonds. The number of nitrogens with zero attached hydrogens (tertiary/aromatic N) is 7. The predicted octanol–water partition coefficient (Wildman–Crippen LogP) is 1.72. The molecule has 1 fully saturated rings. The van der Waals surface area contributed by atoms with Crippen molar-refractivity contribution < 1.29 is 0 Å². The van der Waals surface area contributed by atoms with Crippen molar-refractivity contribution >= 4 is 17.4 Å². The maximum absolute atomic E-state index is 4.67. The van der Waals surface area contributed by atoms with E-state index in [4.69, 9.17) is 0 Å². The lowest BCUT2D eigenvalue weighted by atomic mass is 10.3. The van der Waals surface area contributed by atoms with Crippen LogP contribution < -0.4 is 9.80 Å². The molecule has 4 rings (SSSR count). The molecule has 0 N–H and O–H groups in total. The van der Waals surface area contributed by atoms with Gasteiger partial charge in [0.15, 0.2) is 5.65 Å². The van der Waals surface area contributed by atoms with E-state index in [9.17, 15) is 0 Å². The number of piperazine rings is 1. The van der Waals surface area contributed by atoms with Gasteiger partial charge < -0.3 is 9.80 Å². The SMILES string of the molecule is CCc1cnc(N2CCN(c3ccc4nc(C)cn4n3)CC2)nc1. The largest absolute Gasteiger partial charge is 0.352 e. The molecule has 0 radical (unpaired) electrons. The van der Waals surface area contributed by atoms with Gasteiger partial charge in [0.25, 0.3) is 0 Å². The molecule has 0 bridgehead atoms. The third-order valence-electron chi connectivity index (χ3n) is 4.41. The van der Waals surface area contributed by atoms with Gasteiger partial charge in [0.1, 0.15) is 5.82 Å². The van der Waals surface area contributed by atoms with Crippen LogP contribution in [0, 0.1) is 6.92 Å². The van der Waals surface area contributed by atoms with E-state index in [0.717, 1.165) is 55.7 Å². The fourth-order valence-electron chi connectivity index (χ4n) is 2.99. The predicted molar refractivity (Wildman–Crippen MR) is 93.6 cm³/mol. The number of aryl methyl sites for hydroxylation is 2. The zero-order valence-corrected chi connectivity index (χ0v) is 14.1. The zero-order valence-electron chi connectivity index (χ0n) is 14.1. The summed E-state index contributed by atoms with van der Waals surface area (Å²) < 4.78 is 1.85. The highest BCUT2D eigenvalue weighted by Gasteiger charge is 2.20. The number of aromatic nitrogens is 5. The van der Waals surface area contributed by atoms with Crippen LogP contribution in [0.15, 0.2) is 30.7 Å². The summed E-state index contributed by atoms with van der Waals surface area (Å²) in [5.41, 5.74) is 3.04. The van der Waals surface area contributed by atoms with E-state index in [1.165, 1.54) is 5.56 Å². The monoisotopic (exact) mass is 323 g/mol. The number of hydrogen-bond acceptors (Lipinski definition) is 6. The van der Waals surface area contributed by atoms with Crippen molar-refractivity contribution in [2.75, 3.05) is 36.0 Å². The first kappa shape index (κ1) is 14.9. The van der Waals surface area contributed by atoms with Gasteiger partial charge in [0, 0.05) is 38.6 Å². The summed E-state index contributed by atoms with van der Waals surface area (Å²) in [6.45, 7) is 7.71. The van der Waals surface area contributed by atoms with Gasteiger partial charge in [-0.2, -0.15) is 0 Å². The van der Waals surface area contributed by atoms with Crippen molar-refractivity contribution in [1.82, 2.24) is 24.6 Å². The summed E-state index contributed by atoms with van der Waals surface area (Å²) in [5, 5.41) is 4.67. The highest BCUT2D eigenvalue weighted by molar-refractivity contribution is 5.48. The van der Waals surface area contributed by atoms with Crippen molar-refractivity contribution in [3.63, 3.8) is 0 Å². The fourth-order valence-corrected chi connectivity index (χ4v) is 2.99. The summed E-state index contributed by atoms with van der Waals surface area (Å²) in [6.07, 6.45) is 6.77. The van der Waals surface area contributed by atoms with Crippen LogP contribution in [0.4, 0.5) is 11.8 Å². The summed E-state index contributed by atoms with van der Waals surface area (Å²) >= 11 is 0. The Bertz CT molecular complexity index is 832. The second-order valence-electron chi connectivity index (χ2n) is 6.10. The van der Waals surface area contributed by atoms with Gasteiger partial charge in [-0.15, -0.1) is 5.10 Å². The zero-order chi connectivity index (χ0) is 16.5. The first-order valence-electron chi connectivity index (χ1n) is 8.37. The molecule has 3 aromatic rings. The molecule has 0 aliphatic carbocycles. The molecule has 3 aromatic heterocycles. The molecule has 4 heterocycles. The van der Waals surface area contributed by atoms with Crippen LogP contribution in [0.1, 0.15) is 18.2 Å². The summed E-state index contributed by atoms with van der Waals surface area (Å²) in [5.74, 6) is 1.81. The minimum Gasteiger partial charge on any atom is -0.352 e. The topological polar surface area (TPSA) is 62.5 Å². The van der Waals surface area contributed by atoms with Crippen LogP contribution in [0.5, 0.6) is 0 Å². The standard InChI is InChI=1S/C17H21N7/c1-3-14-10-18-17(19-11-14)23-8-6-22(7-9-23)16-5-4-15-20-13(2)12-24(15)21-16/h4-5,10-12H,3,6-9H2,1-2H3. The van der Waals surface area contributed by atoms with Crippen LogP contribution in [-0.4, -0.2) is 50.7 Å². The Morgan fingerprint density at radius 3 is 2.42 bits per heavy atom. The quantitative estimate of drug-likeness (QED) is 0.731. The van der Waals surface area contributed by atoms with Gasteiger partial charge in [0.2, 0.25) is 5.95 Å². The van der Waals surface area contributed by atoms with Crippen LogP contribution in [-0.2, 0) is 6.42 Å². The van der Waals surface area contributed by atoms with Gasteiger partial charge in [-0.3, -0.25) is 0 Å². The molecular formula is C17H21N7. The molecule has 24 heavy (non-hydrogen) atoms. The number of fused-ring (bicyclic) bond motifs is 1. The minimum atomic E-state index is 0.820. The molecule has 1 saturated heterocycles. The molecule has 124 valence electrons. The lowest BCUT2D eigenvalue weighted by Crippen LogP contribution is -2.47. The van der Waals surface area contributed by atoms with Crippen molar-refractivity contribution in [3.05, 3.63) is 42.0 Å². The number of anilines is 2. The first-order valence-corrected chi connectivity index (χ1v) is 8.37. The maximum Gasteiger partial charge on any atom is 0.225 e. The molecule has 0 atom stereocenters. The Labute approximate surface area is 141 Å². The van der Waals surface area contributed by atoms with Crippen LogP contribution >= 0.6 is 0 Å². The molecule has 0 spiro atoms. The third-order valence-corrected chi connectivity index (χ3v) is 4.41. The van der Waals surface area contributed by atoms with Gasteiger partial charge in [-0.25, -0.2) is 19.5 Å². The number of rotatable bonds is 3. The van der Waals surface area contributed by atoms with Gasteiger partial charge in [-0.1, -0.05) is 6.92 Å². The van der Waals surface area contributed by atoms with Crippen molar-refractivity contribution in [3.8, 4) is 0 Å². The van der Waals surface area contributed by atoms with E-state index in [-0.39, 0.29) is 0 Å². The number of hydrogen-bond donors (Lipinski definition) is 0. The van der Waals surface area contributed by atoms with Crippen molar-refractivity contribution in [2.45, 2.75) is 20.3 Å². The van der Waals surface area contributed by atoms with Crippen LogP contribution in [0.3, 0.4) is 0 Å². The Hall–Kier alpha value is -2.70. The molecular weight excluding hydrogens is 302 g/mol. The van der Waals surface area contributed by atoms with E-state index in [2.05, 4.69) is 36.8 Å². The second-order valence-corrected chi connectivity index (χ2v) is 6.10. The molecule has 0 aromatic carbocycles. The Balaban J connectivity index is 1.46. The molecule has 0 unspecified atom stereocenters. The fraction of sp³-hybridized carbons (Fsp3) is 0.412. The number of imidazole rings is 1. The maximum atomic E-state index is 4.67. The third kappa shape index (κ3) is 2.77. The Morgan fingerprint density at radius 1 is 1.00 bits per heavy atom. The highest BCUT2D eigenvalue weighted by Crippen LogP contribution is 2.17. The van der Waals surface area contributed by atoms with Gasteiger partial charge >= 0.3 is 0 Å². The average Bonchev–Trinajstić information content (AvgIpc) is 3.01. The van der Waals surface area contributed by atoms with Crippen LogP contribution in [0.25, 0.3) is 5.65 Å².